The molecule has 2 atom stereocenters. The maximum atomic E-state index is 10.2. The van der Waals surface area contributed by atoms with Gasteiger partial charge in [-0.2, -0.15) is 0 Å². The Bertz CT molecular complexity index is 338. The minimum absolute atomic E-state index is 0.399. The first-order chi connectivity index (χ1) is 9.07. The number of nitrogens with one attached hydrogen (secondary N) is 1. The lowest BCUT2D eigenvalue weighted by Crippen LogP contribution is -2.43. The number of methoxy groups -OCH3 is 1. The summed E-state index contributed by atoms with van der Waals surface area (Å²) in [4.78, 5) is 0. The fourth-order valence-electron chi connectivity index (χ4n) is 2.03. The Morgan fingerprint density at radius 1 is 1.32 bits per heavy atom. The molecule has 3 nitrogen and oxygen atoms in total. The second kappa shape index (κ2) is 8.31. The second-order valence-electron chi connectivity index (χ2n) is 5.42. The van der Waals surface area contributed by atoms with E-state index in [0.29, 0.717) is 25.6 Å². The second-order valence-corrected chi connectivity index (χ2v) is 5.42. The highest BCUT2D eigenvalue weighted by atomic mass is 16.5. The van der Waals surface area contributed by atoms with Crippen LogP contribution >= 0.6 is 0 Å². The Balaban J connectivity index is 2.40. The summed E-state index contributed by atoms with van der Waals surface area (Å²) in [6.45, 7) is 5.21. The van der Waals surface area contributed by atoms with E-state index in [4.69, 9.17) is 4.74 Å². The van der Waals surface area contributed by atoms with Crippen molar-refractivity contribution < 1.29 is 9.84 Å². The van der Waals surface area contributed by atoms with E-state index in [1.165, 1.54) is 5.56 Å². The first kappa shape index (κ1) is 16.2. The van der Waals surface area contributed by atoms with Crippen LogP contribution in [0.2, 0.25) is 0 Å². The first-order valence-electron chi connectivity index (χ1n) is 7.06. The molecule has 0 aliphatic carbocycles. The molecule has 0 aliphatic heterocycles. The standard InChI is InChI=1S/C16H27NO2/c1-4-15(12-14-8-6-5-7-9-14)17-13-16(2,18)10-11-19-3/h5-9,15,17-18H,4,10-13H2,1-3H3. The van der Waals surface area contributed by atoms with Gasteiger partial charge in [0.1, 0.15) is 0 Å². The number of ether oxygens (including phenoxy) is 1. The van der Waals surface area contributed by atoms with Gasteiger partial charge in [-0.1, -0.05) is 37.3 Å². The van der Waals surface area contributed by atoms with Crippen molar-refractivity contribution in [2.45, 2.75) is 44.8 Å². The van der Waals surface area contributed by atoms with Crippen molar-refractivity contribution in [2.75, 3.05) is 20.3 Å². The smallest absolute Gasteiger partial charge is 0.0765 e. The molecule has 0 heterocycles. The topological polar surface area (TPSA) is 41.5 Å². The summed E-state index contributed by atoms with van der Waals surface area (Å²) in [7, 11) is 1.66. The molecule has 2 N–H and O–H groups in total. The van der Waals surface area contributed by atoms with Crippen LogP contribution in [-0.4, -0.2) is 37.0 Å². The van der Waals surface area contributed by atoms with Crippen LogP contribution in [-0.2, 0) is 11.2 Å². The van der Waals surface area contributed by atoms with Gasteiger partial charge in [0, 0.05) is 32.7 Å². The molecule has 0 saturated carbocycles. The number of hydrogen-bond donors (Lipinski definition) is 2. The highest BCUT2D eigenvalue weighted by Gasteiger charge is 2.21. The molecular formula is C16H27NO2. The number of benzene rings is 1. The number of aliphatic hydroxyl groups is 1. The van der Waals surface area contributed by atoms with E-state index in [-0.39, 0.29) is 0 Å². The monoisotopic (exact) mass is 265 g/mol. The van der Waals surface area contributed by atoms with Gasteiger partial charge in [0.2, 0.25) is 0 Å². The maximum absolute atomic E-state index is 10.2. The highest BCUT2D eigenvalue weighted by molar-refractivity contribution is 5.15. The van der Waals surface area contributed by atoms with Crippen molar-refractivity contribution in [1.82, 2.24) is 5.32 Å². The van der Waals surface area contributed by atoms with Gasteiger partial charge in [-0.05, 0) is 25.3 Å². The van der Waals surface area contributed by atoms with E-state index in [1.807, 2.05) is 13.0 Å². The molecule has 108 valence electrons. The van der Waals surface area contributed by atoms with E-state index in [2.05, 4.69) is 36.5 Å². The zero-order valence-electron chi connectivity index (χ0n) is 12.4. The van der Waals surface area contributed by atoms with Crippen LogP contribution in [0.15, 0.2) is 30.3 Å². The molecule has 0 aromatic heterocycles. The summed E-state index contributed by atoms with van der Waals surface area (Å²) < 4.78 is 5.02. The molecule has 0 spiro atoms. The molecule has 2 unspecified atom stereocenters. The van der Waals surface area contributed by atoms with Crippen molar-refractivity contribution in [3.8, 4) is 0 Å². The van der Waals surface area contributed by atoms with Crippen molar-refractivity contribution in [1.29, 1.82) is 0 Å². The fraction of sp³-hybridized carbons (Fsp3) is 0.625. The average Bonchev–Trinajstić information content (AvgIpc) is 2.42. The van der Waals surface area contributed by atoms with Gasteiger partial charge in [0.05, 0.1) is 5.60 Å². The van der Waals surface area contributed by atoms with Gasteiger partial charge in [-0.3, -0.25) is 0 Å². The third-order valence-corrected chi connectivity index (χ3v) is 3.43. The van der Waals surface area contributed by atoms with Crippen molar-refractivity contribution >= 4 is 0 Å². The van der Waals surface area contributed by atoms with Gasteiger partial charge in [-0.15, -0.1) is 0 Å². The molecule has 0 radical (unpaired) electrons. The molecule has 1 aromatic rings. The van der Waals surface area contributed by atoms with Crippen LogP contribution in [0, 0.1) is 0 Å². The highest BCUT2D eigenvalue weighted by Crippen LogP contribution is 2.10. The molecule has 0 amide bonds. The lowest BCUT2D eigenvalue weighted by Gasteiger charge is -2.27. The SMILES string of the molecule is CCC(Cc1ccccc1)NCC(C)(O)CCOC. The molecule has 19 heavy (non-hydrogen) atoms. The third kappa shape index (κ3) is 6.71. The van der Waals surface area contributed by atoms with Gasteiger partial charge in [-0.25, -0.2) is 0 Å². The summed E-state index contributed by atoms with van der Waals surface area (Å²) >= 11 is 0. The molecule has 0 fully saturated rings. The van der Waals surface area contributed by atoms with Crippen LogP contribution in [0.4, 0.5) is 0 Å². The van der Waals surface area contributed by atoms with Crippen LogP contribution in [0.1, 0.15) is 32.3 Å². The fourth-order valence-corrected chi connectivity index (χ4v) is 2.03. The normalized spacial score (nSPS) is 16.0. The molecular weight excluding hydrogens is 238 g/mol. The van der Waals surface area contributed by atoms with E-state index in [0.717, 1.165) is 12.8 Å². The minimum atomic E-state index is -0.708. The Labute approximate surface area is 117 Å². The third-order valence-electron chi connectivity index (χ3n) is 3.43. The predicted molar refractivity (Wildman–Crippen MR) is 79.3 cm³/mol. The molecule has 3 heteroatoms. The number of rotatable bonds is 9. The largest absolute Gasteiger partial charge is 0.389 e. The van der Waals surface area contributed by atoms with Gasteiger partial charge in [0.25, 0.3) is 0 Å². The lowest BCUT2D eigenvalue weighted by molar-refractivity contribution is 0.0226. The average molecular weight is 265 g/mol. The quantitative estimate of drug-likeness (QED) is 0.720. The zero-order chi connectivity index (χ0) is 14.1. The summed E-state index contributed by atoms with van der Waals surface area (Å²) in [5, 5.41) is 13.7. The summed E-state index contributed by atoms with van der Waals surface area (Å²) in [6, 6.07) is 10.9. The summed E-state index contributed by atoms with van der Waals surface area (Å²) in [6.07, 6.45) is 2.70. The van der Waals surface area contributed by atoms with Crippen LogP contribution in [0.25, 0.3) is 0 Å². The van der Waals surface area contributed by atoms with E-state index >= 15 is 0 Å². The molecule has 0 aliphatic rings. The van der Waals surface area contributed by atoms with Gasteiger partial charge < -0.3 is 15.2 Å². The van der Waals surface area contributed by atoms with E-state index in [1.54, 1.807) is 7.11 Å². The lowest BCUT2D eigenvalue weighted by atomic mass is 10.00. The Kier molecular flexibility index (Phi) is 7.06. The molecule has 0 saturated heterocycles. The van der Waals surface area contributed by atoms with E-state index in [9.17, 15) is 5.11 Å². The maximum Gasteiger partial charge on any atom is 0.0765 e. The summed E-state index contributed by atoms with van der Waals surface area (Å²) in [5.74, 6) is 0. The van der Waals surface area contributed by atoms with Gasteiger partial charge in [0.15, 0.2) is 0 Å². The molecule has 1 aromatic carbocycles. The number of hydrogen-bond acceptors (Lipinski definition) is 3. The van der Waals surface area contributed by atoms with Gasteiger partial charge >= 0.3 is 0 Å². The predicted octanol–water partition coefficient (Wildman–Crippen LogP) is 2.38. The Morgan fingerprint density at radius 3 is 2.58 bits per heavy atom. The zero-order valence-corrected chi connectivity index (χ0v) is 12.4. The van der Waals surface area contributed by atoms with Crippen molar-refractivity contribution in [3.05, 3.63) is 35.9 Å². The van der Waals surface area contributed by atoms with E-state index < -0.39 is 5.60 Å². The van der Waals surface area contributed by atoms with Crippen LogP contribution < -0.4 is 5.32 Å². The molecule has 1 rings (SSSR count). The Hall–Kier alpha value is -0.900. The summed E-state index contributed by atoms with van der Waals surface area (Å²) in [5.41, 5.74) is 0.624. The Morgan fingerprint density at radius 2 is 2.00 bits per heavy atom. The van der Waals surface area contributed by atoms with Crippen LogP contribution in [0.3, 0.4) is 0 Å². The van der Waals surface area contributed by atoms with Crippen LogP contribution in [0.5, 0.6) is 0 Å². The molecule has 0 bridgehead atoms. The first-order valence-corrected chi connectivity index (χ1v) is 7.06. The minimum Gasteiger partial charge on any atom is -0.389 e. The van der Waals surface area contributed by atoms with Crippen molar-refractivity contribution in [3.63, 3.8) is 0 Å². The van der Waals surface area contributed by atoms with Crippen molar-refractivity contribution in [2.24, 2.45) is 0 Å².